The molecule has 0 aromatic heterocycles. The number of benzene rings is 1. The molecule has 1 aromatic rings. The Labute approximate surface area is 117 Å². The molecule has 0 spiro atoms. The standard InChI is InChI=1S/C15H20FNO3/c1-11(12-3-2-4-13(16)9-12)14(18)17-10-15(19)5-7-20-8-6-15/h2-4,9,11,19H,5-8,10H2,1H3,(H,17,18). The van der Waals surface area contributed by atoms with Crippen molar-refractivity contribution in [2.45, 2.75) is 31.3 Å². The fourth-order valence-electron chi connectivity index (χ4n) is 2.26. The summed E-state index contributed by atoms with van der Waals surface area (Å²) in [6.45, 7) is 2.94. The molecule has 1 heterocycles. The summed E-state index contributed by atoms with van der Waals surface area (Å²) in [5.74, 6) is -1.02. The molecule has 1 aliphatic heterocycles. The van der Waals surface area contributed by atoms with E-state index in [4.69, 9.17) is 4.74 Å². The first-order chi connectivity index (χ1) is 9.50. The number of ether oxygens (including phenoxy) is 1. The van der Waals surface area contributed by atoms with Crippen molar-refractivity contribution in [3.8, 4) is 0 Å². The van der Waals surface area contributed by atoms with E-state index in [1.807, 2.05) is 0 Å². The average Bonchev–Trinajstić information content (AvgIpc) is 2.45. The van der Waals surface area contributed by atoms with E-state index in [1.54, 1.807) is 19.1 Å². The third-order valence-electron chi connectivity index (χ3n) is 3.76. The Morgan fingerprint density at radius 1 is 1.50 bits per heavy atom. The van der Waals surface area contributed by atoms with Gasteiger partial charge in [0.05, 0.1) is 11.5 Å². The number of carbonyl (C=O) groups excluding carboxylic acids is 1. The van der Waals surface area contributed by atoms with E-state index in [9.17, 15) is 14.3 Å². The molecule has 0 saturated carbocycles. The molecular weight excluding hydrogens is 261 g/mol. The molecule has 4 nitrogen and oxygen atoms in total. The number of amides is 1. The first kappa shape index (κ1) is 14.9. The van der Waals surface area contributed by atoms with E-state index in [0.29, 0.717) is 31.6 Å². The van der Waals surface area contributed by atoms with Crippen molar-refractivity contribution in [3.05, 3.63) is 35.6 Å². The van der Waals surface area contributed by atoms with Crippen LogP contribution in [-0.4, -0.2) is 36.4 Å². The van der Waals surface area contributed by atoms with E-state index in [1.165, 1.54) is 12.1 Å². The molecule has 20 heavy (non-hydrogen) atoms. The maximum absolute atomic E-state index is 13.1. The molecule has 1 atom stereocenters. The van der Waals surface area contributed by atoms with Gasteiger partial charge in [0, 0.05) is 32.6 Å². The highest BCUT2D eigenvalue weighted by Crippen LogP contribution is 2.20. The maximum atomic E-state index is 13.1. The molecule has 0 aliphatic carbocycles. The van der Waals surface area contributed by atoms with Crippen molar-refractivity contribution in [2.24, 2.45) is 0 Å². The zero-order valence-corrected chi connectivity index (χ0v) is 11.6. The number of hydrogen-bond donors (Lipinski definition) is 2. The normalized spacial score (nSPS) is 19.4. The van der Waals surface area contributed by atoms with Gasteiger partial charge in [-0.05, 0) is 24.6 Å². The van der Waals surface area contributed by atoms with Gasteiger partial charge in [-0.2, -0.15) is 0 Å². The molecule has 1 saturated heterocycles. The maximum Gasteiger partial charge on any atom is 0.227 e. The third kappa shape index (κ3) is 3.77. The van der Waals surface area contributed by atoms with Gasteiger partial charge in [0.15, 0.2) is 0 Å². The van der Waals surface area contributed by atoms with Crippen LogP contribution in [-0.2, 0) is 9.53 Å². The van der Waals surface area contributed by atoms with Gasteiger partial charge in [0.2, 0.25) is 5.91 Å². The molecule has 0 radical (unpaired) electrons. The highest BCUT2D eigenvalue weighted by molar-refractivity contribution is 5.83. The lowest BCUT2D eigenvalue weighted by Crippen LogP contribution is -2.47. The second-order valence-electron chi connectivity index (χ2n) is 5.33. The zero-order chi connectivity index (χ0) is 14.6. The first-order valence-electron chi connectivity index (χ1n) is 6.83. The fourth-order valence-corrected chi connectivity index (χ4v) is 2.26. The molecule has 1 fully saturated rings. The van der Waals surface area contributed by atoms with Crippen LogP contribution in [0, 0.1) is 5.82 Å². The van der Waals surface area contributed by atoms with Crippen molar-refractivity contribution < 1.29 is 19.0 Å². The lowest BCUT2D eigenvalue weighted by Gasteiger charge is -2.32. The molecule has 0 bridgehead atoms. The SMILES string of the molecule is CC(C(=O)NCC1(O)CCOCC1)c1cccc(F)c1. The van der Waals surface area contributed by atoms with E-state index >= 15 is 0 Å². The number of hydrogen-bond acceptors (Lipinski definition) is 3. The lowest BCUT2D eigenvalue weighted by atomic mass is 9.93. The molecule has 2 N–H and O–H groups in total. The predicted octanol–water partition coefficient (Wildman–Crippen LogP) is 1.59. The molecule has 110 valence electrons. The summed E-state index contributed by atoms with van der Waals surface area (Å²) in [7, 11) is 0. The van der Waals surface area contributed by atoms with Crippen LogP contribution >= 0.6 is 0 Å². The fraction of sp³-hybridized carbons (Fsp3) is 0.533. The molecule has 1 aliphatic rings. The number of halogens is 1. The summed E-state index contributed by atoms with van der Waals surface area (Å²) < 4.78 is 18.3. The Bertz CT molecular complexity index is 472. The van der Waals surface area contributed by atoms with Gasteiger partial charge in [-0.25, -0.2) is 4.39 Å². The van der Waals surface area contributed by atoms with E-state index in [0.717, 1.165) is 0 Å². The van der Waals surface area contributed by atoms with Crippen LogP contribution in [0.15, 0.2) is 24.3 Å². The van der Waals surface area contributed by atoms with E-state index < -0.39 is 11.5 Å². The van der Waals surface area contributed by atoms with Crippen LogP contribution in [0.4, 0.5) is 4.39 Å². The largest absolute Gasteiger partial charge is 0.388 e. The number of aliphatic hydroxyl groups is 1. The molecule has 1 amide bonds. The summed E-state index contributed by atoms with van der Waals surface area (Å²) >= 11 is 0. The number of nitrogens with one attached hydrogen (secondary N) is 1. The average molecular weight is 281 g/mol. The smallest absolute Gasteiger partial charge is 0.227 e. The van der Waals surface area contributed by atoms with Gasteiger partial charge in [0.1, 0.15) is 5.82 Å². The van der Waals surface area contributed by atoms with Gasteiger partial charge in [-0.1, -0.05) is 12.1 Å². The summed E-state index contributed by atoms with van der Waals surface area (Å²) in [6.07, 6.45) is 1.03. The quantitative estimate of drug-likeness (QED) is 0.881. The monoisotopic (exact) mass is 281 g/mol. The minimum absolute atomic E-state index is 0.203. The van der Waals surface area contributed by atoms with Gasteiger partial charge in [0.25, 0.3) is 0 Å². The van der Waals surface area contributed by atoms with Crippen LogP contribution in [0.3, 0.4) is 0 Å². The van der Waals surface area contributed by atoms with E-state index in [2.05, 4.69) is 5.32 Å². The van der Waals surface area contributed by atoms with E-state index in [-0.39, 0.29) is 18.3 Å². The number of carbonyl (C=O) groups is 1. The van der Waals surface area contributed by atoms with Crippen LogP contribution in [0.25, 0.3) is 0 Å². The molecule has 5 heteroatoms. The summed E-state index contributed by atoms with van der Waals surface area (Å²) in [5, 5.41) is 13.0. The van der Waals surface area contributed by atoms with Crippen molar-refractivity contribution in [1.29, 1.82) is 0 Å². The summed E-state index contributed by atoms with van der Waals surface area (Å²) in [5.41, 5.74) is -0.267. The van der Waals surface area contributed by atoms with Crippen molar-refractivity contribution in [2.75, 3.05) is 19.8 Å². The van der Waals surface area contributed by atoms with Crippen molar-refractivity contribution in [3.63, 3.8) is 0 Å². The number of rotatable bonds is 4. The Morgan fingerprint density at radius 3 is 2.85 bits per heavy atom. The van der Waals surface area contributed by atoms with Gasteiger partial charge in [-0.3, -0.25) is 4.79 Å². The van der Waals surface area contributed by atoms with Crippen LogP contribution in [0.2, 0.25) is 0 Å². The Hall–Kier alpha value is -1.46. The molecule has 1 aromatic carbocycles. The molecular formula is C15H20FNO3. The minimum Gasteiger partial charge on any atom is -0.388 e. The Morgan fingerprint density at radius 2 is 2.20 bits per heavy atom. The second kappa shape index (κ2) is 6.33. The van der Waals surface area contributed by atoms with Gasteiger partial charge >= 0.3 is 0 Å². The highest BCUT2D eigenvalue weighted by atomic mass is 19.1. The zero-order valence-electron chi connectivity index (χ0n) is 11.6. The Balaban J connectivity index is 1.91. The lowest BCUT2D eigenvalue weighted by molar-refractivity contribution is -0.125. The van der Waals surface area contributed by atoms with Gasteiger partial charge in [-0.15, -0.1) is 0 Å². The molecule has 2 rings (SSSR count). The second-order valence-corrected chi connectivity index (χ2v) is 5.33. The van der Waals surface area contributed by atoms with Crippen LogP contribution in [0.1, 0.15) is 31.2 Å². The summed E-state index contributed by atoms with van der Waals surface area (Å²) in [6, 6.07) is 6.00. The van der Waals surface area contributed by atoms with Crippen LogP contribution < -0.4 is 5.32 Å². The van der Waals surface area contributed by atoms with Gasteiger partial charge < -0.3 is 15.2 Å². The Kier molecular flexibility index (Phi) is 4.73. The highest BCUT2D eigenvalue weighted by Gasteiger charge is 2.30. The topological polar surface area (TPSA) is 58.6 Å². The van der Waals surface area contributed by atoms with Crippen molar-refractivity contribution in [1.82, 2.24) is 5.32 Å². The summed E-state index contributed by atoms with van der Waals surface area (Å²) in [4.78, 5) is 12.1. The predicted molar refractivity (Wildman–Crippen MR) is 72.8 cm³/mol. The third-order valence-corrected chi connectivity index (χ3v) is 3.76. The van der Waals surface area contributed by atoms with Crippen molar-refractivity contribution >= 4 is 5.91 Å². The minimum atomic E-state index is -0.893. The first-order valence-corrected chi connectivity index (χ1v) is 6.83. The molecule has 1 unspecified atom stereocenters. The van der Waals surface area contributed by atoms with Crippen LogP contribution in [0.5, 0.6) is 0 Å².